The highest BCUT2D eigenvalue weighted by Crippen LogP contribution is 2.23. The van der Waals surface area contributed by atoms with Gasteiger partial charge in [0.2, 0.25) is 0 Å². The molecule has 13 heteroatoms. The first-order chi connectivity index (χ1) is 15.4. The van der Waals surface area contributed by atoms with Crippen LogP contribution in [0.2, 0.25) is 0 Å². The number of aryl methyl sites for hydroxylation is 1. The van der Waals surface area contributed by atoms with Crippen LogP contribution in [0.3, 0.4) is 0 Å². The number of aromatic nitrogens is 8. The lowest BCUT2D eigenvalue weighted by molar-refractivity contribution is -0.139. The van der Waals surface area contributed by atoms with Crippen molar-refractivity contribution in [3.63, 3.8) is 0 Å². The molecular weight excluding hydrogens is 436 g/mol. The second kappa shape index (κ2) is 8.78. The Morgan fingerprint density at radius 1 is 1.06 bits per heavy atom. The Labute approximate surface area is 185 Å². The number of para-hydroxylation sites is 1. The Kier molecular flexibility index (Phi) is 5.90. The van der Waals surface area contributed by atoms with E-state index in [1.807, 2.05) is 30.3 Å². The van der Waals surface area contributed by atoms with E-state index in [4.69, 9.17) is 4.74 Å². The quantitative estimate of drug-likeness (QED) is 0.281. The van der Waals surface area contributed by atoms with Gasteiger partial charge >= 0.3 is 11.7 Å². The third kappa shape index (κ3) is 3.82. The van der Waals surface area contributed by atoms with Crippen molar-refractivity contribution in [1.82, 2.24) is 38.9 Å². The molecule has 1 aromatic carbocycles. The smallest absolute Gasteiger partial charge is 0.332 e. The molecule has 0 N–H and O–H groups in total. The first-order valence-electron chi connectivity index (χ1n) is 9.69. The van der Waals surface area contributed by atoms with Crippen molar-refractivity contribution in [3.8, 4) is 5.69 Å². The van der Waals surface area contributed by atoms with Crippen LogP contribution in [0.4, 0.5) is 0 Å². The Morgan fingerprint density at radius 2 is 1.81 bits per heavy atom. The molecule has 32 heavy (non-hydrogen) atoms. The standard InChI is InChI=1S/C19H20N8O4S/c1-4-31-14(28)11-32-18-22-20-13(27(18)12-8-6-5-7-9-12)10-26-15-16(21-23-26)24(2)19(30)25(3)17(15)29/h5-9H,4,10-11H2,1-3H3. The monoisotopic (exact) mass is 456 g/mol. The Bertz CT molecular complexity index is 1400. The second-order valence-electron chi connectivity index (χ2n) is 6.79. The van der Waals surface area contributed by atoms with E-state index < -0.39 is 11.2 Å². The number of hydrogen-bond acceptors (Lipinski definition) is 9. The first-order valence-corrected chi connectivity index (χ1v) is 10.7. The van der Waals surface area contributed by atoms with Gasteiger partial charge in [0.1, 0.15) is 6.54 Å². The number of hydrogen-bond donors (Lipinski definition) is 0. The van der Waals surface area contributed by atoms with Crippen LogP contribution in [0.1, 0.15) is 12.7 Å². The van der Waals surface area contributed by atoms with Crippen LogP contribution in [0, 0.1) is 0 Å². The third-order valence-corrected chi connectivity index (χ3v) is 5.65. The summed E-state index contributed by atoms with van der Waals surface area (Å²) in [6, 6.07) is 9.38. The summed E-state index contributed by atoms with van der Waals surface area (Å²) in [5.41, 5.74) is 0.151. The topological polar surface area (TPSA) is 132 Å². The first kappa shape index (κ1) is 21.5. The lowest BCUT2D eigenvalue weighted by atomic mass is 10.3. The minimum Gasteiger partial charge on any atom is -0.465 e. The van der Waals surface area contributed by atoms with Crippen LogP contribution < -0.4 is 11.2 Å². The number of fused-ring (bicyclic) bond motifs is 1. The fourth-order valence-corrected chi connectivity index (χ4v) is 3.97. The fourth-order valence-electron chi connectivity index (χ4n) is 3.20. The van der Waals surface area contributed by atoms with Crippen molar-refractivity contribution in [2.45, 2.75) is 18.6 Å². The number of nitrogens with zero attached hydrogens (tertiary/aromatic N) is 8. The molecule has 0 saturated heterocycles. The van der Waals surface area contributed by atoms with Crippen molar-refractivity contribution in [3.05, 3.63) is 57.0 Å². The van der Waals surface area contributed by atoms with Crippen molar-refractivity contribution in [1.29, 1.82) is 0 Å². The zero-order valence-electron chi connectivity index (χ0n) is 17.6. The molecular formula is C19H20N8O4S. The maximum Gasteiger partial charge on any atom is 0.332 e. The molecule has 0 amide bonds. The van der Waals surface area contributed by atoms with E-state index in [9.17, 15) is 14.4 Å². The van der Waals surface area contributed by atoms with E-state index in [1.54, 1.807) is 11.5 Å². The lowest BCUT2D eigenvalue weighted by Gasteiger charge is -2.10. The van der Waals surface area contributed by atoms with Gasteiger partial charge in [-0.1, -0.05) is 35.2 Å². The van der Waals surface area contributed by atoms with Gasteiger partial charge in [0.05, 0.1) is 12.4 Å². The highest BCUT2D eigenvalue weighted by atomic mass is 32.2. The molecule has 166 valence electrons. The van der Waals surface area contributed by atoms with Crippen LogP contribution in [-0.2, 0) is 30.2 Å². The van der Waals surface area contributed by atoms with Crippen LogP contribution >= 0.6 is 11.8 Å². The summed E-state index contributed by atoms with van der Waals surface area (Å²) in [6.07, 6.45) is 0. The van der Waals surface area contributed by atoms with E-state index in [1.165, 1.54) is 35.1 Å². The van der Waals surface area contributed by atoms with Gasteiger partial charge in [0, 0.05) is 19.8 Å². The van der Waals surface area contributed by atoms with Gasteiger partial charge in [-0.15, -0.1) is 15.3 Å². The SMILES string of the molecule is CCOC(=O)CSc1nnc(Cn2nnc3c2c(=O)n(C)c(=O)n3C)n1-c1ccccc1. The average Bonchev–Trinajstić information content (AvgIpc) is 3.40. The molecule has 3 heterocycles. The van der Waals surface area contributed by atoms with Gasteiger partial charge in [-0.05, 0) is 19.1 Å². The number of carbonyl (C=O) groups is 1. The highest BCUT2D eigenvalue weighted by molar-refractivity contribution is 7.99. The van der Waals surface area contributed by atoms with Crippen molar-refractivity contribution in [2.75, 3.05) is 12.4 Å². The van der Waals surface area contributed by atoms with Gasteiger partial charge in [-0.3, -0.25) is 23.3 Å². The van der Waals surface area contributed by atoms with Gasteiger partial charge in [0.25, 0.3) is 5.56 Å². The van der Waals surface area contributed by atoms with E-state index >= 15 is 0 Å². The lowest BCUT2D eigenvalue weighted by Crippen LogP contribution is -2.37. The molecule has 0 aliphatic carbocycles. The van der Waals surface area contributed by atoms with E-state index in [2.05, 4.69) is 20.5 Å². The summed E-state index contributed by atoms with van der Waals surface area (Å²) in [4.78, 5) is 36.7. The van der Waals surface area contributed by atoms with Crippen LogP contribution in [0.5, 0.6) is 0 Å². The predicted molar refractivity (Wildman–Crippen MR) is 116 cm³/mol. The summed E-state index contributed by atoms with van der Waals surface area (Å²) < 4.78 is 10.4. The largest absolute Gasteiger partial charge is 0.465 e. The number of esters is 1. The predicted octanol–water partition coefficient (Wildman–Crippen LogP) is 0.113. The highest BCUT2D eigenvalue weighted by Gasteiger charge is 2.20. The van der Waals surface area contributed by atoms with Crippen molar-refractivity contribution >= 4 is 28.9 Å². The van der Waals surface area contributed by atoms with Crippen molar-refractivity contribution < 1.29 is 9.53 Å². The number of carbonyl (C=O) groups excluding carboxylic acids is 1. The zero-order chi connectivity index (χ0) is 22.8. The van der Waals surface area contributed by atoms with Gasteiger partial charge in [-0.25, -0.2) is 9.48 Å². The summed E-state index contributed by atoms with van der Waals surface area (Å²) >= 11 is 1.20. The summed E-state index contributed by atoms with van der Waals surface area (Å²) in [6.45, 7) is 2.12. The van der Waals surface area contributed by atoms with E-state index in [-0.39, 0.29) is 29.4 Å². The minimum atomic E-state index is -0.504. The normalized spacial score (nSPS) is 11.2. The Hall–Kier alpha value is -3.74. The molecule has 0 bridgehead atoms. The summed E-state index contributed by atoms with van der Waals surface area (Å²) in [7, 11) is 2.93. The van der Waals surface area contributed by atoms with Crippen LogP contribution in [-0.4, -0.2) is 57.2 Å². The second-order valence-corrected chi connectivity index (χ2v) is 7.73. The average molecular weight is 456 g/mol. The molecule has 0 aliphatic rings. The molecule has 4 aromatic rings. The molecule has 0 saturated carbocycles. The Morgan fingerprint density at radius 3 is 2.53 bits per heavy atom. The van der Waals surface area contributed by atoms with Gasteiger partial charge in [0.15, 0.2) is 22.1 Å². The number of ether oxygens (including phenoxy) is 1. The zero-order valence-corrected chi connectivity index (χ0v) is 18.4. The molecule has 4 rings (SSSR count). The molecule has 0 fully saturated rings. The minimum absolute atomic E-state index is 0.0752. The maximum atomic E-state index is 12.7. The molecule has 12 nitrogen and oxygen atoms in total. The van der Waals surface area contributed by atoms with Gasteiger partial charge in [-0.2, -0.15) is 0 Å². The molecule has 0 aliphatic heterocycles. The van der Waals surface area contributed by atoms with Crippen LogP contribution in [0.25, 0.3) is 16.9 Å². The van der Waals surface area contributed by atoms with Crippen LogP contribution in [0.15, 0.2) is 45.1 Å². The molecule has 0 unspecified atom stereocenters. The van der Waals surface area contributed by atoms with Crippen molar-refractivity contribution in [2.24, 2.45) is 14.1 Å². The number of rotatable bonds is 7. The summed E-state index contributed by atoms with van der Waals surface area (Å²) in [5, 5.41) is 17.1. The Balaban J connectivity index is 1.77. The molecule has 0 spiro atoms. The third-order valence-electron chi connectivity index (χ3n) is 4.75. The summed E-state index contributed by atoms with van der Waals surface area (Å²) in [5.74, 6) is 0.201. The van der Waals surface area contributed by atoms with E-state index in [0.717, 1.165) is 10.3 Å². The molecule has 0 radical (unpaired) electrons. The number of thioether (sulfide) groups is 1. The molecule has 0 atom stereocenters. The van der Waals surface area contributed by atoms with Gasteiger partial charge < -0.3 is 4.74 Å². The maximum absolute atomic E-state index is 12.7. The number of benzene rings is 1. The van der Waals surface area contributed by atoms with E-state index in [0.29, 0.717) is 17.6 Å². The fraction of sp³-hybridized carbons (Fsp3) is 0.316. The molecule has 3 aromatic heterocycles.